The summed E-state index contributed by atoms with van der Waals surface area (Å²) in [6, 6.07) is 7.90. The van der Waals surface area contributed by atoms with Crippen LogP contribution in [0.15, 0.2) is 24.3 Å². The number of hydrogen-bond donors (Lipinski definition) is 1. The Morgan fingerprint density at radius 1 is 1.14 bits per heavy atom. The number of nitrogens with zero attached hydrogens (tertiary/aromatic N) is 3. The Kier molecular flexibility index (Phi) is 6.22. The largest absolute Gasteiger partial charge is 0.497 e. The second kappa shape index (κ2) is 8.85. The van der Waals surface area contributed by atoms with E-state index in [9.17, 15) is 4.79 Å². The highest BCUT2D eigenvalue weighted by molar-refractivity contribution is 7.80. The molecule has 0 spiro atoms. The zero-order valence-electron chi connectivity index (χ0n) is 17.1. The molecule has 1 amide bonds. The molecule has 1 aromatic rings. The van der Waals surface area contributed by atoms with E-state index in [0.29, 0.717) is 5.11 Å². The molecule has 1 aliphatic carbocycles. The van der Waals surface area contributed by atoms with E-state index in [0.717, 1.165) is 83.1 Å². The van der Waals surface area contributed by atoms with Crippen molar-refractivity contribution in [2.45, 2.75) is 24.7 Å². The lowest BCUT2D eigenvalue weighted by Gasteiger charge is -2.33. The van der Waals surface area contributed by atoms with Crippen molar-refractivity contribution in [2.24, 2.45) is 0 Å². The molecule has 8 heteroatoms. The van der Waals surface area contributed by atoms with E-state index in [4.69, 9.17) is 21.7 Å². The predicted octanol–water partition coefficient (Wildman–Crippen LogP) is 1.38. The number of carbonyl (C=O) groups excluding carboxylic acids is 1. The van der Waals surface area contributed by atoms with Gasteiger partial charge in [-0.15, -0.1) is 0 Å². The van der Waals surface area contributed by atoms with Crippen molar-refractivity contribution >= 4 is 23.2 Å². The summed E-state index contributed by atoms with van der Waals surface area (Å²) in [5.74, 6) is 0.975. The highest BCUT2D eigenvalue weighted by atomic mass is 32.1. The first kappa shape index (κ1) is 20.4. The zero-order chi connectivity index (χ0) is 20.3. The van der Waals surface area contributed by atoms with Crippen LogP contribution in [0.4, 0.5) is 0 Å². The number of amides is 1. The van der Waals surface area contributed by atoms with Gasteiger partial charge in [0.1, 0.15) is 5.75 Å². The van der Waals surface area contributed by atoms with Crippen LogP contribution < -0.4 is 10.1 Å². The van der Waals surface area contributed by atoms with Gasteiger partial charge in [0.2, 0.25) is 0 Å². The number of morpholine rings is 1. The number of ether oxygens (including phenoxy) is 2. The van der Waals surface area contributed by atoms with Crippen LogP contribution in [0.25, 0.3) is 0 Å². The van der Waals surface area contributed by atoms with Crippen molar-refractivity contribution in [3.05, 3.63) is 29.8 Å². The number of hydrogen-bond acceptors (Lipinski definition) is 5. The van der Waals surface area contributed by atoms with Crippen LogP contribution in [-0.4, -0.2) is 85.5 Å². The molecule has 1 aromatic carbocycles. The molecule has 0 radical (unpaired) electrons. The second-order valence-electron chi connectivity index (χ2n) is 7.90. The van der Waals surface area contributed by atoms with Crippen LogP contribution in [0.3, 0.4) is 0 Å². The van der Waals surface area contributed by atoms with Crippen LogP contribution >= 0.6 is 12.2 Å². The van der Waals surface area contributed by atoms with Crippen LogP contribution in [0.1, 0.15) is 24.8 Å². The van der Waals surface area contributed by atoms with Gasteiger partial charge >= 0.3 is 0 Å². The lowest BCUT2D eigenvalue weighted by molar-refractivity contribution is -0.141. The van der Waals surface area contributed by atoms with Crippen molar-refractivity contribution in [1.29, 1.82) is 0 Å². The Morgan fingerprint density at radius 3 is 2.48 bits per heavy atom. The molecule has 0 bridgehead atoms. The molecule has 2 heterocycles. The molecule has 3 aliphatic rings. The smallest absolute Gasteiger partial charge is 0.251 e. The third-order valence-corrected chi connectivity index (χ3v) is 6.47. The van der Waals surface area contributed by atoms with E-state index in [1.165, 1.54) is 0 Å². The fraction of sp³-hybridized carbons (Fsp3) is 0.619. The maximum atomic E-state index is 13.5. The van der Waals surface area contributed by atoms with Gasteiger partial charge in [-0.3, -0.25) is 19.7 Å². The van der Waals surface area contributed by atoms with E-state index >= 15 is 0 Å². The third kappa shape index (κ3) is 4.34. The quantitative estimate of drug-likeness (QED) is 0.701. The summed E-state index contributed by atoms with van der Waals surface area (Å²) in [6.45, 7) is 6.75. The van der Waals surface area contributed by atoms with Gasteiger partial charge in [0, 0.05) is 39.3 Å². The van der Waals surface area contributed by atoms with E-state index in [1.807, 2.05) is 34.3 Å². The maximum absolute atomic E-state index is 13.5. The standard InChI is InChI=1S/C21H30N4O3S/c1-27-18-5-3-17(4-6-18)21(7-8-21)19(26)24-10-2-11-25(24)20(29)22-9-12-23-13-15-28-16-14-23/h3-6H,2,7-16H2,1H3,(H,22,29). The summed E-state index contributed by atoms with van der Waals surface area (Å²) < 4.78 is 10.6. The predicted molar refractivity (Wildman–Crippen MR) is 115 cm³/mol. The molecule has 2 aliphatic heterocycles. The molecule has 3 fully saturated rings. The molecule has 158 valence electrons. The van der Waals surface area contributed by atoms with Crippen molar-refractivity contribution in [3.63, 3.8) is 0 Å². The lowest BCUT2D eigenvalue weighted by atomic mass is 9.94. The fourth-order valence-corrected chi connectivity index (χ4v) is 4.47. The minimum atomic E-state index is -0.404. The molecule has 1 N–H and O–H groups in total. The SMILES string of the molecule is COc1ccc(C2(C(=O)N3CCCN3C(=S)NCCN3CCOCC3)CC2)cc1. The lowest BCUT2D eigenvalue weighted by Crippen LogP contribution is -2.53. The fourth-order valence-electron chi connectivity index (χ4n) is 4.18. The molecular weight excluding hydrogens is 388 g/mol. The molecule has 1 saturated carbocycles. The first-order valence-electron chi connectivity index (χ1n) is 10.5. The van der Waals surface area contributed by atoms with Gasteiger partial charge in [0.05, 0.1) is 25.7 Å². The van der Waals surface area contributed by atoms with Crippen LogP contribution in [0.2, 0.25) is 0 Å². The van der Waals surface area contributed by atoms with Crippen molar-refractivity contribution < 1.29 is 14.3 Å². The van der Waals surface area contributed by atoms with Crippen LogP contribution in [-0.2, 0) is 14.9 Å². The third-order valence-electron chi connectivity index (χ3n) is 6.11. The van der Waals surface area contributed by atoms with Crippen LogP contribution in [0, 0.1) is 0 Å². The van der Waals surface area contributed by atoms with Crippen LogP contribution in [0.5, 0.6) is 5.75 Å². The Bertz CT molecular complexity index is 732. The Morgan fingerprint density at radius 2 is 1.83 bits per heavy atom. The van der Waals surface area contributed by atoms with Gasteiger partial charge in [0.25, 0.3) is 5.91 Å². The first-order chi connectivity index (χ1) is 14.1. The highest BCUT2D eigenvalue weighted by Crippen LogP contribution is 2.50. The number of rotatable bonds is 6. The highest BCUT2D eigenvalue weighted by Gasteiger charge is 2.54. The summed E-state index contributed by atoms with van der Waals surface area (Å²) in [6.07, 6.45) is 2.72. The zero-order valence-corrected chi connectivity index (χ0v) is 17.9. The Balaban J connectivity index is 1.35. The van der Waals surface area contributed by atoms with Crippen molar-refractivity contribution in [2.75, 3.05) is 59.6 Å². The molecule has 0 atom stereocenters. The van der Waals surface area contributed by atoms with E-state index in [2.05, 4.69) is 10.2 Å². The normalized spacial score (nSPS) is 21.1. The molecular formula is C21H30N4O3S. The van der Waals surface area contributed by atoms with Gasteiger partial charge in [-0.2, -0.15) is 0 Å². The molecule has 0 aromatic heterocycles. The monoisotopic (exact) mass is 418 g/mol. The summed E-state index contributed by atoms with van der Waals surface area (Å²) in [4.78, 5) is 15.8. The van der Waals surface area contributed by atoms with Gasteiger partial charge in [-0.05, 0) is 49.2 Å². The molecule has 0 unspecified atom stereocenters. The number of hydrazine groups is 1. The minimum Gasteiger partial charge on any atom is -0.497 e. The molecule has 4 rings (SSSR count). The van der Waals surface area contributed by atoms with Gasteiger partial charge in [-0.1, -0.05) is 12.1 Å². The summed E-state index contributed by atoms with van der Waals surface area (Å²) in [5.41, 5.74) is 0.666. The van der Waals surface area contributed by atoms with Gasteiger partial charge < -0.3 is 14.8 Å². The number of methoxy groups -OCH3 is 1. The van der Waals surface area contributed by atoms with E-state index in [1.54, 1.807) is 7.11 Å². The minimum absolute atomic E-state index is 0.164. The van der Waals surface area contributed by atoms with Crippen molar-refractivity contribution in [1.82, 2.24) is 20.2 Å². The molecule has 29 heavy (non-hydrogen) atoms. The number of benzene rings is 1. The maximum Gasteiger partial charge on any atom is 0.251 e. The topological polar surface area (TPSA) is 57.3 Å². The summed E-state index contributed by atoms with van der Waals surface area (Å²) in [7, 11) is 1.65. The second-order valence-corrected chi connectivity index (χ2v) is 8.29. The van der Waals surface area contributed by atoms with E-state index < -0.39 is 5.41 Å². The van der Waals surface area contributed by atoms with Gasteiger partial charge in [-0.25, -0.2) is 0 Å². The summed E-state index contributed by atoms with van der Waals surface area (Å²) in [5, 5.41) is 7.82. The molecule has 7 nitrogen and oxygen atoms in total. The van der Waals surface area contributed by atoms with Gasteiger partial charge in [0.15, 0.2) is 5.11 Å². The average Bonchev–Trinajstić information content (AvgIpc) is 3.43. The molecule has 2 saturated heterocycles. The Hall–Kier alpha value is -1.90. The number of nitrogens with one attached hydrogen (secondary N) is 1. The average molecular weight is 419 g/mol. The summed E-state index contributed by atoms with van der Waals surface area (Å²) >= 11 is 5.63. The van der Waals surface area contributed by atoms with E-state index in [-0.39, 0.29) is 5.91 Å². The Labute approximate surface area is 177 Å². The first-order valence-corrected chi connectivity index (χ1v) is 10.9. The van der Waals surface area contributed by atoms with Crippen molar-refractivity contribution in [3.8, 4) is 5.75 Å². The number of carbonyl (C=O) groups is 1. The number of thiocarbonyl (C=S) groups is 1.